The standard InChI is InChI=1S/C18H25NO5/c1-12-5-7-13(8-6-12)11-19-9-10-23-15(16(19)21)14(20)17(22)24-18(2,3)4/h5-8,14-15,20H,9-11H2,1-4H3. The van der Waals surface area contributed by atoms with Gasteiger partial charge >= 0.3 is 5.97 Å². The quantitative estimate of drug-likeness (QED) is 0.842. The number of nitrogens with zero attached hydrogens (tertiary/aromatic N) is 1. The number of morpholine rings is 1. The van der Waals surface area contributed by atoms with Crippen molar-refractivity contribution in [3.05, 3.63) is 35.4 Å². The van der Waals surface area contributed by atoms with E-state index in [0.29, 0.717) is 13.1 Å². The minimum absolute atomic E-state index is 0.266. The monoisotopic (exact) mass is 335 g/mol. The summed E-state index contributed by atoms with van der Waals surface area (Å²) in [4.78, 5) is 26.1. The second-order valence-corrected chi connectivity index (χ2v) is 7.02. The Morgan fingerprint density at radius 2 is 2.00 bits per heavy atom. The molecule has 0 aromatic heterocycles. The lowest BCUT2D eigenvalue weighted by Crippen LogP contribution is -2.54. The van der Waals surface area contributed by atoms with Crippen molar-refractivity contribution in [2.75, 3.05) is 13.2 Å². The molecule has 2 rings (SSSR count). The number of benzene rings is 1. The Balaban J connectivity index is 2.03. The highest BCUT2D eigenvalue weighted by Crippen LogP contribution is 2.17. The lowest BCUT2D eigenvalue weighted by molar-refractivity contribution is -0.184. The zero-order valence-electron chi connectivity index (χ0n) is 14.6. The number of aryl methyl sites for hydroxylation is 1. The lowest BCUT2D eigenvalue weighted by atomic mass is 10.1. The normalized spacial score (nSPS) is 20.0. The molecule has 1 amide bonds. The molecule has 0 aliphatic carbocycles. The Bertz CT molecular complexity index is 590. The number of rotatable bonds is 4. The summed E-state index contributed by atoms with van der Waals surface area (Å²) >= 11 is 0. The molecular weight excluding hydrogens is 310 g/mol. The number of carbonyl (C=O) groups excluding carboxylic acids is 2. The van der Waals surface area contributed by atoms with Gasteiger partial charge in [0.05, 0.1) is 6.61 Å². The van der Waals surface area contributed by atoms with Crippen LogP contribution < -0.4 is 0 Å². The van der Waals surface area contributed by atoms with Crippen molar-refractivity contribution in [1.82, 2.24) is 4.90 Å². The molecule has 0 saturated carbocycles. The van der Waals surface area contributed by atoms with Crippen molar-refractivity contribution < 1.29 is 24.2 Å². The third-order valence-corrected chi connectivity index (χ3v) is 3.64. The molecule has 132 valence electrons. The van der Waals surface area contributed by atoms with Crippen LogP contribution in [-0.2, 0) is 25.6 Å². The molecule has 0 bridgehead atoms. The van der Waals surface area contributed by atoms with E-state index >= 15 is 0 Å². The van der Waals surface area contributed by atoms with Gasteiger partial charge < -0.3 is 19.5 Å². The summed E-state index contributed by atoms with van der Waals surface area (Å²) in [5, 5.41) is 10.1. The maximum Gasteiger partial charge on any atom is 0.338 e. The van der Waals surface area contributed by atoms with Crippen LogP contribution in [0.4, 0.5) is 0 Å². The highest BCUT2D eigenvalue weighted by atomic mass is 16.6. The average Bonchev–Trinajstić information content (AvgIpc) is 2.49. The molecule has 24 heavy (non-hydrogen) atoms. The molecule has 1 N–H and O–H groups in total. The summed E-state index contributed by atoms with van der Waals surface area (Å²) in [7, 11) is 0. The molecule has 6 nitrogen and oxygen atoms in total. The Morgan fingerprint density at radius 1 is 1.38 bits per heavy atom. The van der Waals surface area contributed by atoms with Gasteiger partial charge in [0.1, 0.15) is 5.60 Å². The highest BCUT2D eigenvalue weighted by molar-refractivity contribution is 5.89. The van der Waals surface area contributed by atoms with Gasteiger partial charge in [-0.25, -0.2) is 4.79 Å². The Morgan fingerprint density at radius 3 is 2.58 bits per heavy atom. The summed E-state index contributed by atoms with van der Waals surface area (Å²) in [6, 6.07) is 7.87. The van der Waals surface area contributed by atoms with Crippen molar-refractivity contribution in [3.8, 4) is 0 Å². The number of aliphatic hydroxyl groups is 1. The number of carbonyl (C=O) groups is 2. The molecule has 1 aliphatic heterocycles. The SMILES string of the molecule is Cc1ccc(CN2CCOC(C(O)C(=O)OC(C)(C)C)C2=O)cc1. The second kappa shape index (κ2) is 7.32. The largest absolute Gasteiger partial charge is 0.458 e. The number of hydrogen-bond acceptors (Lipinski definition) is 5. The zero-order valence-corrected chi connectivity index (χ0v) is 14.6. The summed E-state index contributed by atoms with van der Waals surface area (Å²) in [5.74, 6) is -1.25. The first-order valence-corrected chi connectivity index (χ1v) is 8.04. The summed E-state index contributed by atoms with van der Waals surface area (Å²) in [6.45, 7) is 8.20. The van der Waals surface area contributed by atoms with Crippen LogP contribution in [0, 0.1) is 6.92 Å². The summed E-state index contributed by atoms with van der Waals surface area (Å²) in [6.07, 6.45) is -2.85. The van der Waals surface area contributed by atoms with Crippen LogP contribution in [0.5, 0.6) is 0 Å². The second-order valence-electron chi connectivity index (χ2n) is 7.02. The third-order valence-electron chi connectivity index (χ3n) is 3.64. The molecule has 1 aromatic carbocycles. The van der Waals surface area contributed by atoms with Gasteiger partial charge in [0, 0.05) is 13.1 Å². The van der Waals surface area contributed by atoms with Crippen LogP contribution in [0.2, 0.25) is 0 Å². The molecule has 1 aliphatic rings. The Kier molecular flexibility index (Phi) is 5.62. The first-order chi connectivity index (χ1) is 11.2. The number of esters is 1. The smallest absolute Gasteiger partial charge is 0.338 e. The molecule has 0 spiro atoms. The van der Waals surface area contributed by atoms with E-state index in [-0.39, 0.29) is 6.61 Å². The molecule has 1 saturated heterocycles. The zero-order chi connectivity index (χ0) is 17.9. The van der Waals surface area contributed by atoms with Gasteiger partial charge in [-0.2, -0.15) is 0 Å². The molecule has 1 aromatic rings. The first-order valence-electron chi connectivity index (χ1n) is 8.04. The summed E-state index contributed by atoms with van der Waals surface area (Å²) in [5.41, 5.74) is 1.39. The van der Waals surface area contributed by atoms with Crippen LogP contribution in [0.15, 0.2) is 24.3 Å². The number of amides is 1. The predicted octanol–water partition coefficient (Wildman–Crippen LogP) is 1.43. The number of ether oxygens (including phenoxy) is 2. The topological polar surface area (TPSA) is 76.1 Å². The van der Waals surface area contributed by atoms with Gasteiger partial charge in [0.2, 0.25) is 0 Å². The van der Waals surface area contributed by atoms with E-state index in [0.717, 1.165) is 11.1 Å². The van der Waals surface area contributed by atoms with E-state index in [1.54, 1.807) is 25.7 Å². The van der Waals surface area contributed by atoms with Crippen molar-refractivity contribution in [2.24, 2.45) is 0 Å². The van der Waals surface area contributed by atoms with E-state index in [1.165, 1.54) is 0 Å². The van der Waals surface area contributed by atoms with Crippen LogP contribution in [0.25, 0.3) is 0 Å². The van der Waals surface area contributed by atoms with Crippen molar-refractivity contribution in [2.45, 2.75) is 52.0 Å². The van der Waals surface area contributed by atoms with Crippen molar-refractivity contribution in [3.63, 3.8) is 0 Å². The van der Waals surface area contributed by atoms with Gasteiger partial charge in [-0.15, -0.1) is 0 Å². The maximum absolute atomic E-state index is 12.5. The van der Waals surface area contributed by atoms with Gasteiger partial charge in [0.15, 0.2) is 12.2 Å². The van der Waals surface area contributed by atoms with E-state index in [9.17, 15) is 14.7 Å². The molecule has 2 atom stereocenters. The Labute approximate surface area is 142 Å². The van der Waals surface area contributed by atoms with Gasteiger partial charge in [-0.1, -0.05) is 29.8 Å². The minimum Gasteiger partial charge on any atom is -0.458 e. The van der Waals surface area contributed by atoms with E-state index < -0.39 is 29.7 Å². The molecule has 2 unspecified atom stereocenters. The minimum atomic E-state index is -1.63. The van der Waals surface area contributed by atoms with Gasteiger partial charge in [-0.3, -0.25) is 4.79 Å². The fraction of sp³-hybridized carbons (Fsp3) is 0.556. The maximum atomic E-state index is 12.5. The third kappa shape index (κ3) is 4.79. The Hall–Kier alpha value is -1.92. The van der Waals surface area contributed by atoms with Crippen molar-refractivity contribution >= 4 is 11.9 Å². The van der Waals surface area contributed by atoms with Gasteiger partial charge in [0.25, 0.3) is 5.91 Å². The van der Waals surface area contributed by atoms with Crippen LogP contribution in [0.1, 0.15) is 31.9 Å². The number of hydrogen-bond donors (Lipinski definition) is 1. The lowest BCUT2D eigenvalue weighted by Gasteiger charge is -2.34. The average molecular weight is 335 g/mol. The first kappa shape index (κ1) is 18.4. The molecule has 6 heteroatoms. The van der Waals surface area contributed by atoms with E-state index in [1.807, 2.05) is 31.2 Å². The molecule has 0 radical (unpaired) electrons. The predicted molar refractivity (Wildman–Crippen MR) is 88.2 cm³/mol. The highest BCUT2D eigenvalue weighted by Gasteiger charge is 2.40. The van der Waals surface area contributed by atoms with Crippen LogP contribution in [-0.4, -0.2) is 52.8 Å². The van der Waals surface area contributed by atoms with Crippen LogP contribution >= 0.6 is 0 Å². The fourth-order valence-electron chi connectivity index (χ4n) is 2.43. The molecule has 1 heterocycles. The fourth-order valence-corrected chi connectivity index (χ4v) is 2.43. The van der Waals surface area contributed by atoms with E-state index in [2.05, 4.69) is 0 Å². The van der Waals surface area contributed by atoms with E-state index in [4.69, 9.17) is 9.47 Å². The molecule has 1 fully saturated rings. The van der Waals surface area contributed by atoms with Crippen molar-refractivity contribution in [1.29, 1.82) is 0 Å². The van der Waals surface area contributed by atoms with Crippen LogP contribution in [0.3, 0.4) is 0 Å². The number of aliphatic hydroxyl groups excluding tert-OH is 1. The van der Waals surface area contributed by atoms with Gasteiger partial charge in [-0.05, 0) is 33.3 Å². The summed E-state index contributed by atoms with van der Waals surface area (Å²) < 4.78 is 10.5. The molecular formula is C18H25NO5.